The van der Waals surface area contributed by atoms with Crippen LogP contribution in [0.15, 0.2) is 36.0 Å². The second-order valence-electron chi connectivity index (χ2n) is 8.11. The molecule has 2 aliphatic carbocycles. The van der Waals surface area contributed by atoms with E-state index in [1.807, 2.05) is 26.0 Å². The lowest BCUT2D eigenvalue weighted by Gasteiger charge is -2.49. The molecule has 0 aromatic heterocycles. The highest BCUT2D eigenvalue weighted by molar-refractivity contribution is 5.20. The Kier molecular flexibility index (Phi) is 4.82. The van der Waals surface area contributed by atoms with Gasteiger partial charge in [0.1, 0.15) is 0 Å². The zero-order valence-corrected chi connectivity index (χ0v) is 14.3. The van der Waals surface area contributed by atoms with Crippen LogP contribution in [0.4, 0.5) is 0 Å². The van der Waals surface area contributed by atoms with Crippen molar-refractivity contribution < 1.29 is 5.11 Å². The molecule has 2 aliphatic rings. The van der Waals surface area contributed by atoms with Crippen LogP contribution in [0.25, 0.3) is 0 Å². The maximum absolute atomic E-state index is 9.74. The van der Waals surface area contributed by atoms with Crippen molar-refractivity contribution in [3.05, 3.63) is 36.0 Å². The highest BCUT2D eigenvalue weighted by Gasteiger charge is 2.42. The summed E-state index contributed by atoms with van der Waals surface area (Å²) in [7, 11) is 0. The van der Waals surface area contributed by atoms with Gasteiger partial charge in [-0.05, 0) is 76.5 Å². The van der Waals surface area contributed by atoms with Crippen molar-refractivity contribution in [3.63, 3.8) is 0 Å². The van der Waals surface area contributed by atoms with Gasteiger partial charge in [0.05, 0.1) is 5.60 Å². The van der Waals surface area contributed by atoms with Crippen LogP contribution in [-0.2, 0) is 0 Å². The molecule has 0 radical (unpaired) electrons. The van der Waals surface area contributed by atoms with Gasteiger partial charge in [-0.1, -0.05) is 42.9 Å². The Morgan fingerprint density at radius 1 is 1.38 bits per heavy atom. The lowest BCUT2D eigenvalue weighted by atomic mass is 9.56. The van der Waals surface area contributed by atoms with E-state index in [-0.39, 0.29) is 0 Å². The molecule has 0 saturated heterocycles. The van der Waals surface area contributed by atoms with Gasteiger partial charge in [-0.3, -0.25) is 0 Å². The minimum Gasteiger partial charge on any atom is -0.386 e. The largest absolute Gasteiger partial charge is 0.386 e. The standard InChI is InChI=1S/C20H32O/c1-15(8-6-11-19(3,4)21)17-10-13-20(5)12-7-9-16(2)18(20)14-17/h6,8,11,17-18,21H,2,7,9-10,12-14H2,1,3-5H3/b11-6+,15-8-/t17-,18-,20+/m1/s1. The van der Waals surface area contributed by atoms with Crippen molar-refractivity contribution in [2.75, 3.05) is 0 Å². The monoisotopic (exact) mass is 288 g/mol. The summed E-state index contributed by atoms with van der Waals surface area (Å²) in [4.78, 5) is 0. The first kappa shape index (κ1) is 16.5. The number of fused-ring (bicyclic) bond motifs is 1. The van der Waals surface area contributed by atoms with Crippen LogP contribution in [-0.4, -0.2) is 10.7 Å². The lowest BCUT2D eigenvalue weighted by molar-refractivity contribution is 0.0831. The molecule has 0 aliphatic heterocycles. The number of hydrogen-bond donors (Lipinski definition) is 1. The van der Waals surface area contributed by atoms with Gasteiger partial charge in [0.2, 0.25) is 0 Å². The normalized spacial score (nSPS) is 35.1. The Labute approximate surface area is 130 Å². The first-order valence-electron chi connectivity index (χ1n) is 8.47. The third kappa shape index (κ3) is 4.10. The topological polar surface area (TPSA) is 20.2 Å². The SMILES string of the molecule is C=C1CCC[C@@]2(C)CC[C@@H](/C(C)=C\C=C\C(C)(C)O)C[C@H]12. The summed E-state index contributed by atoms with van der Waals surface area (Å²) in [5.74, 6) is 1.40. The zero-order chi connectivity index (χ0) is 15.7. The summed E-state index contributed by atoms with van der Waals surface area (Å²) in [6.07, 6.45) is 13.9. The van der Waals surface area contributed by atoms with Gasteiger partial charge < -0.3 is 5.11 Å². The molecule has 0 bridgehead atoms. The fourth-order valence-corrected chi connectivity index (χ4v) is 4.20. The van der Waals surface area contributed by atoms with Crippen molar-refractivity contribution in [1.29, 1.82) is 0 Å². The molecular weight excluding hydrogens is 256 g/mol. The average Bonchev–Trinajstić information content (AvgIpc) is 2.36. The highest BCUT2D eigenvalue weighted by atomic mass is 16.3. The quantitative estimate of drug-likeness (QED) is 0.543. The summed E-state index contributed by atoms with van der Waals surface area (Å²) in [6.45, 7) is 12.7. The number of allylic oxidation sites excluding steroid dienone is 4. The predicted molar refractivity (Wildman–Crippen MR) is 91.1 cm³/mol. The summed E-state index contributed by atoms with van der Waals surface area (Å²) in [5, 5.41) is 9.74. The van der Waals surface area contributed by atoms with Crippen LogP contribution in [0.2, 0.25) is 0 Å². The summed E-state index contributed by atoms with van der Waals surface area (Å²) >= 11 is 0. The smallest absolute Gasteiger partial charge is 0.0774 e. The van der Waals surface area contributed by atoms with Crippen LogP contribution >= 0.6 is 0 Å². The molecule has 1 nitrogen and oxygen atoms in total. The summed E-state index contributed by atoms with van der Waals surface area (Å²) in [5.41, 5.74) is 2.73. The first-order chi connectivity index (χ1) is 9.71. The second-order valence-corrected chi connectivity index (χ2v) is 8.11. The predicted octanol–water partition coefficient (Wildman–Crippen LogP) is 5.42. The van der Waals surface area contributed by atoms with Gasteiger partial charge >= 0.3 is 0 Å². The van der Waals surface area contributed by atoms with Crippen molar-refractivity contribution in [1.82, 2.24) is 0 Å². The fourth-order valence-electron chi connectivity index (χ4n) is 4.20. The van der Waals surface area contributed by atoms with E-state index >= 15 is 0 Å². The Bertz CT molecular complexity index is 449. The van der Waals surface area contributed by atoms with Crippen molar-refractivity contribution in [3.8, 4) is 0 Å². The maximum Gasteiger partial charge on any atom is 0.0774 e. The molecule has 2 rings (SSSR count). The average molecular weight is 288 g/mol. The highest BCUT2D eigenvalue weighted by Crippen LogP contribution is 2.54. The van der Waals surface area contributed by atoms with E-state index < -0.39 is 5.60 Å². The van der Waals surface area contributed by atoms with Crippen LogP contribution in [0.5, 0.6) is 0 Å². The molecule has 2 saturated carbocycles. The van der Waals surface area contributed by atoms with Crippen molar-refractivity contribution in [2.24, 2.45) is 17.3 Å². The minimum absolute atomic E-state index is 0.509. The Morgan fingerprint density at radius 2 is 2.10 bits per heavy atom. The van der Waals surface area contributed by atoms with E-state index in [1.165, 1.54) is 49.7 Å². The number of aliphatic hydroxyl groups is 1. The van der Waals surface area contributed by atoms with Crippen molar-refractivity contribution in [2.45, 2.75) is 71.8 Å². The molecular formula is C20H32O. The van der Waals surface area contributed by atoms with E-state index in [9.17, 15) is 5.11 Å². The van der Waals surface area contributed by atoms with Gasteiger partial charge in [0.15, 0.2) is 0 Å². The van der Waals surface area contributed by atoms with E-state index in [0.29, 0.717) is 17.3 Å². The third-order valence-corrected chi connectivity index (χ3v) is 5.67. The van der Waals surface area contributed by atoms with Crippen LogP contribution in [0.1, 0.15) is 66.2 Å². The molecule has 0 aromatic rings. The third-order valence-electron chi connectivity index (χ3n) is 5.67. The lowest BCUT2D eigenvalue weighted by Crippen LogP contribution is -2.38. The molecule has 0 amide bonds. The fraction of sp³-hybridized carbons (Fsp3) is 0.700. The molecule has 3 atom stereocenters. The Hall–Kier alpha value is -0.820. The van der Waals surface area contributed by atoms with E-state index in [1.54, 1.807) is 0 Å². The van der Waals surface area contributed by atoms with Gasteiger partial charge in [0.25, 0.3) is 0 Å². The van der Waals surface area contributed by atoms with E-state index in [4.69, 9.17) is 0 Å². The van der Waals surface area contributed by atoms with Gasteiger partial charge in [0, 0.05) is 0 Å². The molecule has 1 heteroatoms. The first-order valence-corrected chi connectivity index (χ1v) is 8.47. The molecule has 0 aromatic carbocycles. The van der Waals surface area contributed by atoms with Crippen LogP contribution < -0.4 is 0 Å². The van der Waals surface area contributed by atoms with Crippen molar-refractivity contribution >= 4 is 0 Å². The van der Waals surface area contributed by atoms with Gasteiger partial charge in [-0.2, -0.15) is 0 Å². The Balaban J connectivity index is 2.05. The van der Waals surface area contributed by atoms with Gasteiger partial charge in [-0.25, -0.2) is 0 Å². The van der Waals surface area contributed by atoms with Crippen LogP contribution in [0.3, 0.4) is 0 Å². The second kappa shape index (κ2) is 6.12. The van der Waals surface area contributed by atoms with E-state index in [2.05, 4.69) is 26.5 Å². The van der Waals surface area contributed by atoms with Crippen LogP contribution in [0, 0.1) is 17.3 Å². The molecule has 0 spiro atoms. The maximum atomic E-state index is 9.74. The molecule has 118 valence electrons. The number of rotatable bonds is 3. The molecule has 0 unspecified atom stereocenters. The summed E-state index contributed by atoms with van der Waals surface area (Å²) < 4.78 is 0. The molecule has 0 heterocycles. The molecule has 21 heavy (non-hydrogen) atoms. The minimum atomic E-state index is -0.723. The van der Waals surface area contributed by atoms with E-state index in [0.717, 1.165) is 0 Å². The number of hydrogen-bond acceptors (Lipinski definition) is 1. The summed E-state index contributed by atoms with van der Waals surface area (Å²) in [6, 6.07) is 0. The van der Waals surface area contributed by atoms with Gasteiger partial charge in [-0.15, -0.1) is 0 Å². The molecule has 1 N–H and O–H groups in total. The molecule has 2 fully saturated rings. The zero-order valence-electron chi connectivity index (χ0n) is 14.3. The Morgan fingerprint density at radius 3 is 2.76 bits per heavy atom.